The maximum Gasteiger partial charge on any atom is 0.234 e. The van der Waals surface area contributed by atoms with Gasteiger partial charge in [-0.1, -0.05) is 61.5 Å². The Labute approximate surface area is 181 Å². The van der Waals surface area contributed by atoms with E-state index in [4.69, 9.17) is 10.6 Å². The first-order valence-corrected chi connectivity index (χ1v) is 10.7. The fourth-order valence-electron chi connectivity index (χ4n) is 3.04. The maximum absolute atomic E-state index is 12.4. The van der Waals surface area contributed by atoms with Crippen molar-refractivity contribution in [2.45, 2.75) is 45.4 Å². The number of para-hydroxylation sites is 1. The summed E-state index contributed by atoms with van der Waals surface area (Å²) in [5.41, 5.74) is 4.15. The molecular weight excluding hydrogens is 398 g/mol. The highest BCUT2D eigenvalue weighted by atomic mass is 32.2. The fourth-order valence-corrected chi connectivity index (χ4v) is 3.71. The van der Waals surface area contributed by atoms with Crippen LogP contribution in [-0.4, -0.2) is 26.5 Å². The summed E-state index contributed by atoms with van der Waals surface area (Å²) in [6, 6.07) is 13.8. The number of hydrogen-bond acceptors (Lipinski definition) is 6. The van der Waals surface area contributed by atoms with Gasteiger partial charge in [0, 0.05) is 5.69 Å². The number of ether oxygens (including phenoxy) is 1. The molecule has 2 aromatic carbocycles. The first kappa shape index (κ1) is 21.7. The Morgan fingerprint density at radius 2 is 1.97 bits per heavy atom. The molecule has 0 saturated carbocycles. The highest BCUT2D eigenvalue weighted by Gasteiger charge is 2.14. The lowest BCUT2D eigenvalue weighted by Gasteiger charge is -2.13. The molecule has 0 fully saturated rings. The van der Waals surface area contributed by atoms with Gasteiger partial charge in [-0.2, -0.15) is 0 Å². The van der Waals surface area contributed by atoms with E-state index in [0.717, 1.165) is 22.6 Å². The number of nitrogens with zero attached hydrogens (tertiary/aromatic N) is 3. The highest BCUT2D eigenvalue weighted by molar-refractivity contribution is 7.99. The molecule has 7 nitrogen and oxygen atoms in total. The summed E-state index contributed by atoms with van der Waals surface area (Å²) < 4.78 is 7.18. The third kappa shape index (κ3) is 5.33. The van der Waals surface area contributed by atoms with Crippen LogP contribution in [0.15, 0.2) is 47.6 Å². The van der Waals surface area contributed by atoms with E-state index in [-0.39, 0.29) is 18.3 Å². The van der Waals surface area contributed by atoms with E-state index in [2.05, 4.69) is 35.4 Å². The molecule has 0 spiro atoms. The number of anilines is 1. The van der Waals surface area contributed by atoms with Crippen LogP contribution in [0.25, 0.3) is 0 Å². The van der Waals surface area contributed by atoms with E-state index >= 15 is 0 Å². The minimum absolute atomic E-state index is 0.121. The highest BCUT2D eigenvalue weighted by Crippen LogP contribution is 2.24. The number of nitrogens with two attached hydrogens (primary N) is 1. The maximum atomic E-state index is 12.4. The van der Waals surface area contributed by atoms with E-state index < -0.39 is 0 Å². The second-order valence-electron chi connectivity index (χ2n) is 7.41. The lowest BCUT2D eigenvalue weighted by Crippen LogP contribution is -2.18. The van der Waals surface area contributed by atoms with Crippen molar-refractivity contribution in [3.05, 3.63) is 65.0 Å². The van der Waals surface area contributed by atoms with E-state index in [9.17, 15) is 4.79 Å². The fraction of sp³-hybridized carbons (Fsp3) is 0.318. The molecule has 3 aromatic rings. The van der Waals surface area contributed by atoms with Crippen LogP contribution in [0, 0.1) is 13.8 Å². The summed E-state index contributed by atoms with van der Waals surface area (Å²) >= 11 is 1.23. The molecule has 0 aliphatic heterocycles. The molecule has 1 amide bonds. The van der Waals surface area contributed by atoms with Crippen molar-refractivity contribution < 1.29 is 9.53 Å². The summed E-state index contributed by atoms with van der Waals surface area (Å²) in [5, 5.41) is 11.6. The molecule has 158 valence electrons. The summed E-state index contributed by atoms with van der Waals surface area (Å²) in [7, 11) is 0. The molecule has 3 rings (SSSR count). The minimum Gasteiger partial charge on any atom is -0.485 e. The summed E-state index contributed by atoms with van der Waals surface area (Å²) in [6.07, 6.45) is 0. The number of rotatable bonds is 8. The van der Waals surface area contributed by atoms with Gasteiger partial charge in [-0.05, 0) is 43.0 Å². The predicted octanol–water partition coefficient (Wildman–Crippen LogP) is 4.04. The van der Waals surface area contributed by atoms with Gasteiger partial charge in [0.25, 0.3) is 0 Å². The Morgan fingerprint density at radius 1 is 1.20 bits per heavy atom. The largest absolute Gasteiger partial charge is 0.485 e. The number of aryl methyl sites for hydroxylation is 2. The monoisotopic (exact) mass is 425 g/mol. The van der Waals surface area contributed by atoms with Crippen molar-refractivity contribution in [2.24, 2.45) is 0 Å². The van der Waals surface area contributed by atoms with Gasteiger partial charge in [0.05, 0.1) is 5.75 Å². The van der Waals surface area contributed by atoms with E-state index in [1.807, 2.05) is 50.2 Å². The SMILES string of the molecule is Cc1ccc(OCc2nnc(SCC(=O)Nc3ccccc3C(C)C)n2N)c(C)c1. The van der Waals surface area contributed by atoms with Crippen molar-refractivity contribution in [3.8, 4) is 5.75 Å². The van der Waals surface area contributed by atoms with E-state index in [1.54, 1.807) is 0 Å². The van der Waals surface area contributed by atoms with Crippen LogP contribution >= 0.6 is 11.8 Å². The Kier molecular flexibility index (Phi) is 6.99. The quantitative estimate of drug-likeness (QED) is 0.418. The second kappa shape index (κ2) is 9.67. The second-order valence-corrected chi connectivity index (χ2v) is 8.35. The molecule has 3 N–H and O–H groups in total. The molecule has 1 heterocycles. The third-order valence-electron chi connectivity index (χ3n) is 4.61. The predicted molar refractivity (Wildman–Crippen MR) is 120 cm³/mol. The smallest absolute Gasteiger partial charge is 0.234 e. The minimum atomic E-state index is -0.121. The molecule has 0 aliphatic carbocycles. The number of aromatic nitrogens is 3. The number of hydrogen-bond donors (Lipinski definition) is 2. The number of benzene rings is 2. The molecule has 0 unspecified atom stereocenters. The zero-order valence-corrected chi connectivity index (χ0v) is 18.5. The van der Waals surface area contributed by atoms with Crippen LogP contribution in [-0.2, 0) is 11.4 Å². The topological polar surface area (TPSA) is 95.1 Å². The summed E-state index contributed by atoms with van der Waals surface area (Å²) in [4.78, 5) is 12.4. The third-order valence-corrected chi connectivity index (χ3v) is 5.55. The van der Waals surface area contributed by atoms with Crippen molar-refractivity contribution in [3.63, 3.8) is 0 Å². The van der Waals surface area contributed by atoms with E-state index in [0.29, 0.717) is 16.9 Å². The van der Waals surface area contributed by atoms with Crippen molar-refractivity contribution >= 4 is 23.4 Å². The van der Waals surface area contributed by atoms with Crippen molar-refractivity contribution in [2.75, 3.05) is 16.9 Å². The molecule has 0 aliphatic rings. The van der Waals surface area contributed by atoms with Gasteiger partial charge in [-0.15, -0.1) is 10.2 Å². The van der Waals surface area contributed by atoms with Gasteiger partial charge in [-0.25, -0.2) is 4.68 Å². The number of nitrogen functional groups attached to an aromatic ring is 1. The zero-order valence-electron chi connectivity index (χ0n) is 17.7. The lowest BCUT2D eigenvalue weighted by atomic mass is 10.0. The molecular formula is C22H27N5O2S. The normalized spacial score (nSPS) is 11.0. The first-order valence-electron chi connectivity index (χ1n) is 9.76. The van der Waals surface area contributed by atoms with Crippen molar-refractivity contribution in [1.82, 2.24) is 14.9 Å². The molecule has 0 radical (unpaired) electrons. The standard InChI is InChI=1S/C22H27N5O2S/c1-14(2)17-7-5-6-8-18(17)24-21(28)13-30-22-26-25-20(27(22)23)12-29-19-10-9-15(3)11-16(19)4/h5-11,14H,12-13,23H2,1-4H3,(H,24,28). The summed E-state index contributed by atoms with van der Waals surface area (Å²) in [6.45, 7) is 8.42. The van der Waals surface area contributed by atoms with Crippen molar-refractivity contribution in [1.29, 1.82) is 0 Å². The van der Waals surface area contributed by atoms with Gasteiger partial charge < -0.3 is 15.9 Å². The van der Waals surface area contributed by atoms with E-state index in [1.165, 1.54) is 22.0 Å². The number of amides is 1. The molecule has 0 bridgehead atoms. The number of nitrogens with one attached hydrogen (secondary N) is 1. The Balaban J connectivity index is 1.57. The summed E-state index contributed by atoms with van der Waals surface area (Å²) in [5.74, 6) is 7.74. The van der Waals surface area contributed by atoms with Crippen LogP contribution in [0.4, 0.5) is 5.69 Å². The average Bonchev–Trinajstić information content (AvgIpc) is 3.05. The number of thioether (sulfide) groups is 1. The Morgan fingerprint density at radius 3 is 2.70 bits per heavy atom. The Bertz CT molecular complexity index is 1030. The van der Waals surface area contributed by atoms with Crippen LogP contribution in [0.1, 0.15) is 42.3 Å². The van der Waals surface area contributed by atoms with Crippen LogP contribution in [0.3, 0.4) is 0 Å². The van der Waals surface area contributed by atoms with Crippen LogP contribution in [0.2, 0.25) is 0 Å². The number of carbonyl (C=O) groups excluding carboxylic acids is 1. The Hall–Kier alpha value is -3.00. The molecule has 8 heteroatoms. The average molecular weight is 426 g/mol. The van der Waals surface area contributed by atoms with Gasteiger partial charge in [-0.3, -0.25) is 4.79 Å². The number of carbonyl (C=O) groups is 1. The molecule has 1 aromatic heterocycles. The zero-order chi connectivity index (χ0) is 21.7. The van der Waals surface area contributed by atoms with Crippen LogP contribution < -0.4 is 15.9 Å². The molecule has 0 atom stereocenters. The van der Waals surface area contributed by atoms with Crippen LogP contribution in [0.5, 0.6) is 5.75 Å². The van der Waals surface area contributed by atoms with Gasteiger partial charge >= 0.3 is 0 Å². The first-order chi connectivity index (χ1) is 14.3. The van der Waals surface area contributed by atoms with Gasteiger partial charge in [0.15, 0.2) is 5.82 Å². The van der Waals surface area contributed by atoms with Gasteiger partial charge in [0.2, 0.25) is 11.1 Å². The molecule has 30 heavy (non-hydrogen) atoms. The lowest BCUT2D eigenvalue weighted by molar-refractivity contribution is -0.113. The van der Waals surface area contributed by atoms with Gasteiger partial charge in [0.1, 0.15) is 12.4 Å². The molecule has 0 saturated heterocycles.